The SMILES string of the molecule is COc1ccc(-c2cc(C(=O)NN[C@@H]3O[C@H](CO)[C@@H](O)[C@H](O)[C@H]3O)n(Cc3ccc(C(C)(C)C)cc3)n2)cc1. The zero-order valence-electron chi connectivity index (χ0n) is 22.4. The van der Waals surface area contributed by atoms with Gasteiger partial charge in [-0.05, 0) is 46.9 Å². The number of nitrogens with zero attached hydrogens (tertiary/aromatic N) is 2. The first-order valence-electron chi connectivity index (χ1n) is 12.7. The molecule has 1 aliphatic rings. The Morgan fingerprint density at radius 2 is 1.69 bits per heavy atom. The van der Waals surface area contributed by atoms with Crippen molar-refractivity contribution >= 4 is 5.91 Å². The molecule has 2 heterocycles. The van der Waals surface area contributed by atoms with Crippen LogP contribution in [-0.4, -0.2) is 80.5 Å². The Morgan fingerprint density at radius 3 is 2.28 bits per heavy atom. The van der Waals surface area contributed by atoms with E-state index >= 15 is 0 Å². The molecule has 0 bridgehead atoms. The van der Waals surface area contributed by atoms with Crippen LogP contribution < -0.4 is 15.6 Å². The highest BCUT2D eigenvalue weighted by molar-refractivity contribution is 5.93. The summed E-state index contributed by atoms with van der Waals surface area (Å²) in [5.74, 6) is 0.129. The molecule has 1 fully saturated rings. The Morgan fingerprint density at radius 1 is 1.03 bits per heavy atom. The van der Waals surface area contributed by atoms with Crippen molar-refractivity contribution in [2.75, 3.05) is 13.7 Å². The Hall–Kier alpha value is -3.32. The number of hydrogen-bond acceptors (Lipinski definition) is 9. The molecule has 39 heavy (non-hydrogen) atoms. The van der Waals surface area contributed by atoms with Crippen LogP contribution in [0, 0.1) is 0 Å². The highest BCUT2D eigenvalue weighted by Gasteiger charge is 2.43. The van der Waals surface area contributed by atoms with Crippen LogP contribution in [0.3, 0.4) is 0 Å². The fraction of sp³-hybridized carbons (Fsp3) is 0.429. The first-order valence-corrected chi connectivity index (χ1v) is 12.7. The van der Waals surface area contributed by atoms with E-state index in [0.717, 1.165) is 11.1 Å². The monoisotopic (exact) mass is 540 g/mol. The quantitative estimate of drug-likeness (QED) is 0.229. The third-order valence-corrected chi connectivity index (χ3v) is 6.77. The number of rotatable bonds is 8. The zero-order chi connectivity index (χ0) is 28.3. The summed E-state index contributed by atoms with van der Waals surface area (Å²) in [4.78, 5) is 13.3. The van der Waals surface area contributed by atoms with Gasteiger partial charge in [-0.3, -0.25) is 14.9 Å². The number of carbonyl (C=O) groups is 1. The number of carbonyl (C=O) groups excluding carboxylic acids is 1. The van der Waals surface area contributed by atoms with Crippen LogP contribution in [0.15, 0.2) is 54.6 Å². The van der Waals surface area contributed by atoms with E-state index in [9.17, 15) is 25.2 Å². The van der Waals surface area contributed by atoms with Gasteiger partial charge in [0.15, 0.2) is 6.23 Å². The van der Waals surface area contributed by atoms with Crippen molar-refractivity contribution in [1.29, 1.82) is 0 Å². The molecular formula is C28H36N4O7. The lowest BCUT2D eigenvalue weighted by Crippen LogP contribution is -2.64. The number of benzene rings is 2. The van der Waals surface area contributed by atoms with Gasteiger partial charge in [0.1, 0.15) is 35.9 Å². The minimum atomic E-state index is -1.58. The molecule has 1 aliphatic heterocycles. The molecule has 210 valence electrons. The van der Waals surface area contributed by atoms with Crippen molar-refractivity contribution in [3.63, 3.8) is 0 Å². The summed E-state index contributed by atoms with van der Waals surface area (Å²) >= 11 is 0. The van der Waals surface area contributed by atoms with E-state index in [1.165, 1.54) is 5.56 Å². The molecule has 5 atom stereocenters. The number of aromatic nitrogens is 2. The average molecular weight is 541 g/mol. The lowest BCUT2D eigenvalue weighted by Gasteiger charge is -2.40. The molecule has 3 aromatic rings. The molecule has 0 aliphatic carbocycles. The Labute approximate surface area is 227 Å². The maximum absolute atomic E-state index is 13.3. The van der Waals surface area contributed by atoms with Crippen LogP contribution in [0.1, 0.15) is 42.4 Å². The summed E-state index contributed by atoms with van der Waals surface area (Å²) in [6, 6.07) is 17.1. The van der Waals surface area contributed by atoms with Gasteiger partial charge < -0.3 is 29.9 Å². The molecular weight excluding hydrogens is 504 g/mol. The number of methoxy groups -OCH3 is 1. The molecule has 4 rings (SSSR count). The minimum absolute atomic E-state index is 0.00684. The molecule has 0 saturated carbocycles. The number of aliphatic hydroxyl groups is 4. The van der Waals surface area contributed by atoms with Crippen molar-refractivity contribution in [2.24, 2.45) is 0 Å². The van der Waals surface area contributed by atoms with Crippen molar-refractivity contribution in [1.82, 2.24) is 20.6 Å². The summed E-state index contributed by atoms with van der Waals surface area (Å²) in [5, 5.41) is 44.4. The molecule has 0 spiro atoms. The van der Waals surface area contributed by atoms with Gasteiger partial charge in [-0.2, -0.15) is 5.10 Å². The predicted molar refractivity (Wildman–Crippen MR) is 143 cm³/mol. The van der Waals surface area contributed by atoms with E-state index in [2.05, 4.69) is 48.9 Å². The normalized spacial score (nSPS) is 23.4. The van der Waals surface area contributed by atoms with Gasteiger partial charge in [-0.1, -0.05) is 45.0 Å². The van der Waals surface area contributed by atoms with E-state index in [0.29, 0.717) is 18.0 Å². The summed E-state index contributed by atoms with van der Waals surface area (Å²) in [5.41, 5.74) is 8.77. The summed E-state index contributed by atoms with van der Waals surface area (Å²) in [6.45, 7) is 6.16. The lowest BCUT2D eigenvalue weighted by molar-refractivity contribution is -0.238. The maximum atomic E-state index is 13.3. The molecule has 11 heteroatoms. The van der Waals surface area contributed by atoms with Crippen LogP contribution in [0.25, 0.3) is 11.3 Å². The predicted octanol–water partition coefficient (Wildman–Crippen LogP) is 0.939. The molecule has 0 radical (unpaired) electrons. The van der Waals surface area contributed by atoms with Crippen molar-refractivity contribution in [2.45, 2.75) is 63.4 Å². The second-order valence-corrected chi connectivity index (χ2v) is 10.6. The van der Waals surface area contributed by atoms with E-state index in [4.69, 9.17) is 9.47 Å². The van der Waals surface area contributed by atoms with Crippen LogP contribution in [0.5, 0.6) is 5.75 Å². The number of aliphatic hydroxyl groups excluding tert-OH is 4. The number of hydrazine groups is 1. The van der Waals surface area contributed by atoms with Gasteiger partial charge >= 0.3 is 0 Å². The zero-order valence-corrected chi connectivity index (χ0v) is 22.4. The van der Waals surface area contributed by atoms with Crippen molar-refractivity contribution in [3.8, 4) is 17.0 Å². The van der Waals surface area contributed by atoms with Gasteiger partial charge in [0.25, 0.3) is 5.91 Å². The molecule has 0 unspecified atom stereocenters. The number of nitrogens with one attached hydrogen (secondary N) is 2. The Kier molecular flexibility index (Phi) is 8.70. The minimum Gasteiger partial charge on any atom is -0.497 e. The fourth-order valence-electron chi connectivity index (χ4n) is 4.33. The standard InChI is InChI=1S/C28H36N4O7/c1-28(2,3)18-9-5-16(6-10-18)14-32-21(13-20(31-32)17-7-11-19(38-4)12-8-17)26(37)29-30-27-25(36)24(35)23(34)22(15-33)39-27/h5-13,22-25,27,30,33-36H,14-15H2,1-4H3,(H,29,37)/t22-,23-,24+,25-,27-/m1/s1. The lowest BCUT2D eigenvalue weighted by atomic mass is 9.87. The molecule has 11 nitrogen and oxygen atoms in total. The molecule has 1 amide bonds. The fourth-order valence-corrected chi connectivity index (χ4v) is 4.33. The van der Waals surface area contributed by atoms with Gasteiger partial charge in [0, 0.05) is 5.56 Å². The van der Waals surface area contributed by atoms with Crippen LogP contribution in [0.4, 0.5) is 0 Å². The van der Waals surface area contributed by atoms with Gasteiger partial charge in [0.05, 0.1) is 26.0 Å². The molecule has 6 N–H and O–H groups in total. The molecule has 1 aromatic heterocycles. The van der Waals surface area contributed by atoms with E-state index in [1.54, 1.807) is 30.0 Å². The van der Waals surface area contributed by atoms with E-state index in [1.807, 2.05) is 24.3 Å². The third kappa shape index (κ3) is 6.47. The summed E-state index contributed by atoms with van der Waals surface area (Å²) in [7, 11) is 1.58. The third-order valence-electron chi connectivity index (χ3n) is 6.77. The Bertz CT molecular complexity index is 1250. The highest BCUT2D eigenvalue weighted by atomic mass is 16.6. The van der Waals surface area contributed by atoms with Crippen molar-refractivity contribution < 1.29 is 34.7 Å². The van der Waals surface area contributed by atoms with Gasteiger partial charge in [-0.15, -0.1) is 0 Å². The highest BCUT2D eigenvalue weighted by Crippen LogP contribution is 2.25. The first kappa shape index (κ1) is 28.7. The van der Waals surface area contributed by atoms with Gasteiger partial charge in [0.2, 0.25) is 0 Å². The van der Waals surface area contributed by atoms with E-state index in [-0.39, 0.29) is 11.1 Å². The van der Waals surface area contributed by atoms with E-state index < -0.39 is 43.2 Å². The smallest absolute Gasteiger partial charge is 0.283 e. The number of ether oxygens (including phenoxy) is 2. The first-order chi connectivity index (χ1) is 18.5. The summed E-state index contributed by atoms with van der Waals surface area (Å²) < 4.78 is 12.2. The number of hydrogen-bond donors (Lipinski definition) is 6. The van der Waals surface area contributed by atoms with Crippen LogP contribution in [-0.2, 0) is 16.7 Å². The summed E-state index contributed by atoms with van der Waals surface area (Å²) in [6.07, 6.45) is -7.01. The average Bonchev–Trinajstić information content (AvgIpc) is 3.35. The topological polar surface area (TPSA) is 158 Å². The van der Waals surface area contributed by atoms with Gasteiger partial charge in [-0.25, -0.2) is 5.43 Å². The van der Waals surface area contributed by atoms with Crippen molar-refractivity contribution in [3.05, 3.63) is 71.4 Å². The second-order valence-electron chi connectivity index (χ2n) is 10.6. The molecule has 1 saturated heterocycles. The Balaban J connectivity index is 1.57. The maximum Gasteiger partial charge on any atom is 0.283 e. The van der Waals surface area contributed by atoms with Crippen LogP contribution >= 0.6 is 0 Å². The largest absolute Gasteiger partial charge is 0.497 e. The second kappa shape index (κ2) is 11.8. The van der Waals surface area contributed by atoms with Crippen LogP contribution in [0.2, 0.25) is 0 Å². The molecule has 2 aromatic carbocycles. The number of amides is 1.